The van der Waals surface area contributed by atoms with Gasteiger partial charge in [0.05, 0.1) is 49.0 Å². The molecule has 0 amide bonds. The molecule has 5 nitrogen and oxygen atoms in total. The summed E-state index contributed by atoms with van der Waals surface area (Å²) in [7, 11) is 0. The van der Waals surface area contributed by atoms with Crippen LogP contribution in [0, 0.1) is 0 Å². The predicted molar refractivity (Wildman–Crippen MR) is 231 cm³/mol. The van der Waals surface area contributed by atoms with Crippen molar-refractivity contribution < 1.29 is 24.1 Å². The molecule has 0 bridgehead atoms. The zero-order valence-electron chi connectivity index (χ0n) is 28.1. The Labute approximate surface area is 362 Å². The fraction of sp³-hybridized carbons (Fsp3) is 0.351. The highest BCUT2D eigenvalue weighted by Gasteiger charge is 2.29. The van der Waals surface area contributed by atoms with E-state index in [9.17, 15) is 5.11 Å². The Kier molecular flexibility index (Phi) is 15.4. The molecule has 0 atom stereocenters. The second kappa shape index (κ2) is 18.0. The highest BCUT2D eigenvalue weighted by molar-refractivity contribution is 9.12. The van der Waals surface area contributed by atoms with Crippen LogP contribution in [0.25, 0.3) is 0 Å². The molecule has 4 rings (SSSR count). The van der Waals surface area contributed by atoms with E-state index in [0.29, 0.717) is 24.7 Å². The molecule has 13 heteroatoms. The summed E-state index contributed by atoms with van der Waals surface area (Å²) in [4.78, 5) is 0. The number of aliphatic hydroxyl groups is 1. The second-order valence-corrected chi connectivity index (χ2v) is 19.3. The largest absolute Gasteiger partial charge is 0.492 e. The Bertz CT molecular complexity index is 1640. The van der Waals surface area contributed by atoms with E-state index in [4.69, 9.17) is 18.9 Å². The maximum absolute atomic E-state index is 10.9. The predicted octanol–water partition coefficient (Wildman–Crippen LogP) is 14.1. The maximum atomic E-state index is 10.9. The Morgan fingerprint density at radius 2 is 0.640 bits per heavy atom. The van der Waals surface area contributed by atoms with Crippen molar-refractivity contribution in [1.82, 2.24) is 0 Å². The van der Waals surface area contributed by atoms with E-state index < -0.39 is 6.10 Å². The lowest BCUT2D eigenvalue weighted by Gasteiger charge is -2.29. The minimum atomic E-state index is -0.892. The van der Waals surface area contributed by atoms with Crippen molar-refractivity contribution in [2.24, 2.45) is 0 Å². The molecular formula is C37H36Br8O5. The van der Waals surface area contributed by atoms with Gasteiger partial charge in [0.1, 0.15) is 42.3 Å². The molecule has 0 aliphatic carbocycles. The molecule has 0 unspecified atom stereocenters. The van der Waals surface area contributed by atoms with E-state index in [2.05, 4.69) is 179 Å². The van der Waals surface area contributed by atoms with Gasteiger partial charge in [-0.3, -0.25) is 0 Å². The minimum absolute atomic E-state index is 0.0283. The van der Waals surface area contributed by atoms with E-state index in [1.54, 1.807) is 0 Å². The normalized spacial score (nSPS) is 12.0. The third-order valence-electron chi connectivity index (χ3n) is 8.30. The quantitative estimate of drug-likeness (QED) is 0.136. The Balaban J connectivity index is 1.44. The first kappa shape index (κ1) is 42.6. The number of hydrogen-bond donors (Lipinski definition) is 1. The zero-order chi connectivity index (χ0) is 37.1. The van der Waals surface area contributed by atoms with Gasteiger partial charge in [0.25, 0.3) is 0 Å². The van der Waals surface area contributed by atoms with E-state index in [-0.39, 0.29) is 24.0 Å². The van der Waals surface area contributed by atoms with Crippen LogP contribution in [0.4, 0.5) is 0 Å². The van der Waals surface area contributed by atoms with Gasteiger partial charge in [-0.2, -0.15) is 0 Å². The Hall–Kier alpha value is -0.120. The zero-order valence-corrected chi connectivity index (χ0v) is 40.8. The second-order valence-electron chi connectivity index (χ2n) is 12.5. The van der Waals surface area contributed by atoms with Crippen molar-refractivity contribution in [3.05, 3.63) is 107 Å². The Morgan fingerprint density at radius 3 is 0.840 bits per heavy atom. The lowest BCUT2D eigenvalue weighted by molar-refractivity contribution is 0.0615. The topological polar surface area (TPSA) is 57.2 Å². The van der Waals surface area contributed by atoms with Crippen molar-refractivity contribution in [2.45, 2.75) is 58.5 Å². The van der Waals surface area contributed by atoms with E-state index >= 15 is 0 Å². The van der Waals surface area contributed by atoms with Crippen LogP contribution in [0.1, 0.15) is 63.8 Å². The number of benzene rings is 4. The first-order valence-corrected chi connectivity index (χ1v) is 21.9. The van der Waals surface area contributed by atoms with Crippen molar-refractivity contribution in [3.63, 3.8) is 0 Å². The maximum Gasteiger partial charge on any atom is 0.147 e. The van der Waals surface area contributed by atoms with Gasteiger partial charge >= 0.3 is 0 Å². The average Bonchev–Trinajstić information content (AvgIpc) is 3.03. The fourth-order valence-electron chi connectivity index (χ4n) is 5.26. The fourth-order valence-corrected chi connectivity index (χ4v) is 10.9. The van der Waals surface area contributed by atoms with E-state index in [1.165, 1.54) is 0 Å². The third-order valence-corrected chi connectivity index (χ3v) is 13.0. The summed E-state index contributed by atoms with van der Waals surface area (Å²) in [6.07, 6.45) is -0.892. The van der Waals surface area contributed by atoms with E-state index in [1.807, 2.05) is 38.1 Å². The molecule has 0 heterocycles. The third kappa shape index (κ3) is 9.75. The number of rotatable bonds is 14. The molecule has 0 fully saturated rings. The molecule has 0 radical (unpaired) electrons. The van der Waals surface area contributed by atoms with Gasteiger partial charge in [-0.15, -0.1) is 0 Å². The molecule has 0 aliphatic rings. The van der Waals surface area contributed by atoms with Crippen molar-refractivity contribution in [2.75, 3.05) is 26.4 Å². The first-order valence-electron chi connectivity index (χ1n) is 15.6. The molecule has 1 N–H and O–H groups in total. The average molecular weight is 1200 g/mol. The summed E-state index contributed by atoms with van der Waals surface area (Å²) >= 11 is 29.4. The number of aliphatic hydroxyl groups excluding tert-OH is 1. The first-order chi connectivity index (χ1) is 23.4. The summed E-state index contributed by atoms with van der Waals surface area (Å²) in [5.41, 5.74) is 3.65. The van der Waals surface area contributed by atoms with Crippen LogP contribution in [0.3, 0.4) is 0 Å². The molecule has 50 heavy (non-hydrogen) atoms. The van der Waals surface area contributed by atoms with Crippen LogP contribution < -0.4 is 18.9 Å². The van der Waals surface area contributed by atoms with E-state index in [0.717, 1.165) is 69.5 Å². The molecule has 4 aromatic rings. The lowest BCUT2D eigenvalue weighted by atomic mass is 9.78. The van der Waals surface area contributed by atoms with Gasteiger partial charge in [0.2, 0.25) is 0 Å². The van der Waals surface area contributed by atoms with Crippen molar-refractivity contribution in [3.8, 4) is 23.0 Å². The summed E-state index contributed by atoms with van der Waals surface area (Å²) < 4.78 is 30.3. The van der Waals surface area contributed by atoms with Crippen molar-refractivity contribution >= 4 is 127 Å². The van der Waals surface area contributed by atoms with Gasteiger partial charge in [-0.1, -0.05) is 27.7 Å². The van der Waals surface area contributed by atoms with Gasteiger partial charge in [-0.05, 0) is 212 Å². The Morgan fingerprint density at radius 1 is 0.440 bits per heavy atom. The molecule has 0 saturated carbocycles. The minimum Gasteiger partial charge on any atom is -0.492 e. The van der Waals surface area contributed by atoms with Crippen LogP contribution in [0.5, 0.6) is 23.0 Å². The van der Waals surface area contributed by atoms with Crippen LogP contribution in [-0.4, -0.2) is 37.6 Å². The number of ether oxygens (including phenoxy) is 4. The van der Waals surface area contributed by atoms with Crippen LogP contribution >= 0.6 is 127 Å². The molecule has 270 valence electrons. The number of hydrogen-bond acceptors (Lipinski definition) is 5. The van der Waals surface area contributed by atoms with Crippen LogP contribution in [0.15, 0.2) is 84.3 Å². The molecule has 0 saturated heterocycles. The highest BCUT2D eigenvalue weighted by atomic mass is 79.9. The monoisotopic (exact) mass is 1190 g/mol. The SMILES string of the molecule is CCOc1c(Br)cc(C(C)(C)c2cc(Br)c(OCC(O)COc3c(Br)cc(C(C)(C)c4cc(Br)c(OCC)c(Br)c4)cc3Br)c(Br)c2)cc1Br. The summed E-state index contributed by atoms with van der Waals surface area (Å²) in [6, 6.07) is 16.5. The molecule has 0 aromatic heterocycles. The summed E-state index contributed by atoms with van der Waals surface area (Å²) in [5, 5.41) is 10.9. The van der Waals surface area contributed by atoms with Gasteiger partial charge in [0.15, 0.2) is 0 Å². The molecule has 0 aliphatic heterocycles. The molecular weight excluding hydrogens is 1160 g/mol. The summed E-state index contributed by atoms with van der Waals surface area (Å²) in [5.74, 6) is 2.75. The van der Waals surface area contributed by atoms with Crippen molar-refractivity contribution in [1.29, 1.82) is 0 Å². The molecule has 4 aromatic carbocycles. The van der Waals surface area contributed by atoms with Crippen LogP contribution in [0.2, 0.25) is 0 Å². The highest BCUT2D eigenvalue weighted by Crippen LogP contribution is 2.46. The smallest absolute Gasteiger partial charge is 0.147 e. The van der Waals surface area contributed by atoms with Gasteiger partial charge in [0, 0.05) is 10.8 Å². The van der Waals surface area contributed by atoms with Gasteiger partial charge in [-0.25, -0.2) is 0 Å². The van der Waals surface area contributed by atoms with Crippen LogP contribution in [-0.2, 0) is 10.8 Å². The lowest BCUT2D eigenvalue weighted by Crippen LogP contribution is -2.26. The standard InChI is InChI=1S/C37H36Br8O5/c1-7-47-32-24(38)9-19(10-25(32)39)36(3,4)21-13-28(42)34(29(43)14-21)49-17-23(46)18-50-35-30(44)15-22(16-31(35)45)37(5,6)20-11-26(40)33(48-8-2)27(41)12-20/h9-16,23,46H,7-8,17-18H2,1-6H3. The summed E-state index contributed by atoms with van der Waals surface area (Å²) in [6.45, 7) is 13.8. The van der Waals surface area contributed by atoms with Gasteiger partial charge < -0.3 is 24.1 Å². The number of halogens is 8. The molecule has 0 spiro atoms.